The van der Waals surface area contributed by atoms with Gasteiger partial charge in [-0.1, -0.05) is 17.8 Å². The van der Waals surface area contributed by atoms with Crippen LogP contribution in [0.4, 0.5) is 5.69 Å². The van der Waals surface area contributed by atoms with Gasteiger partial charge < -0.3 is 9.73 Å². The number of sulfonamides is 1. The van der Waals surface area contributed by atoms with Crippen LogP contribution in [-0.2, 0) is 21.4 Å². The van der Waals surface area contributed by atoms with E-state index in [2.05, 4.69) is 25.6 Å². The van der Waals surface area contributed by atoms with Crippen molar-refractivity contribution in [2.75, 3.05) is 18.1 Å². The first-order valence-electron chi connectivity index (χ1n) is 8.14. The number of nitrogens with one attached hydrogen (secondary N) is 2. The third-order valence-electron chi connectivity index (χ3n) is 3.75. The lowest BCUT2D eigenvalue weighted by atomic mass is 10.2. The van der Waals surface area contributed by atoms with Gasteiger partial charge in [0.05, 0.1) is 16.9 Å². The zero-order valence-corrected chi connectivity index (χ0v) is 16.7. The zero-order chi connectivity index (χ0) is 20.1. The van der Waals surface area contributed by atoms with Crippen LogP contribution in [0.15, 0.2) is 51.1 Å². The number of hydrogen-bond donors (Lipinski definition) is 2. The number of amides is 1. The lowest BCUT2D eigenvalue weighted by Gasteiger charge is -2.10. The topological polar surface area (TPSA) is 132 Å². The molecule has 2 aromatic heterocycles. The van der Waals surface area contributed by atoms with Gasteiger partial charge in [0.1, 0.15) is 12.3 Å². The second kappa shape index (κ2) is 8.54. The molecule has 1 aromatic carbocycles. The highest BCUT2D eigenvalue weighted by atomic mass is 32.2. The van der Waals surface area contributed by atoms with Crippen molar-refractivity contribution in [3.05, 3.63) is 47.9 Å². The van der Waals surface area contributed by atoms with Crippen molar-refractivity contribution in [3.8, 4) is 0 Å². The van der Waals surface area contributed by atoms with Crippen molar-refractivity contribution in [2.45, 2.75) is 23.5 Å². The molecule has 0 aliphatic carbocycles. The van der Waals surface area contributed by atoms with Crippen LogP contribution in [0, 0.1) is 6.92 Å². The van der Waals surface area contributed by atoms with Crippen LogP contribution in [0.25, 0.3) is 0 Å². The average molecular weight is 422 g/mol. The summed E-state index contributed by atoms with van der Waals surface area (Å²) >= 11 is 1.16. The second-order valence-corrected chi connectivity index (χ2v) is 8.52. The van der Waals surface area contributed by atoms with Gasteiger partial charge in [-0.3, -0.25) is 4.79 Å². The third kappa shape index (κ3) is 4.77. The van der Waals surface area contributed by atoms with E-state index in [-0.39, 0.29) is 16.6 Å². The lowest BCUT2D eigenvalue weighted by molar-refractivity contribution is -0.113. The summed E-state index contributed by atoms with van der Waals surface area (Å²) in [7, 11) is -2.27. The number of aryl methyl sites for hydroxylation is 1. The molecule has 0 fully saturated rings. The fourth-order valence-corrected chi connectivity index (χ4v) is 4.02. The molecule has 2 heterocycles. The molecule has 28 heavy (non-hydrogen) atoms. The van der Waals surface area contributed by atoms with Gasteiger partial charge in [0.25, 0.3) is 0 Å². The van der Waals surface area contributed by atoms with Crippen LogP contribution >= 0.6 is 11.8 Å². The highest BCUT2D eigenvalue weighted by Crippen LogP contribution is 2.21. The monoisotopic (exact) mass is 422 g/mol. The Bertz CT molecular complexity index is 1060. The van der Waals surface area contributed by atoms with E-state index in [0.717, 1.165) is 11.8 Å². The van der Waals surface area contributed by atoms with Crippen LogP contribution in [-0.4, -0.2) is 47.3 Å². The van der Waals surface area contributed by atoms with Crippen molar-refractivity contribution in [2.24, 2.45) is 0 Å². The SMILES string of the molecule is CNS(=O)(=O)c1cc(NC(=O)CSc2nnnn2Cc2ccco2)ccc1C. The Labute approximate surface area is 165 Å². The van der Waals surface area contributed by atoms with E-state index < -0.39 is 10.0 Å². The number of carbonyl (C=O) groups is 1. The minimum absolute atomic E-state index is 0.0561. The smallest absolute Gasteiger partial charge is 0.240 e. The Hall–Kier alpha value is -2.70. The number of carbonyl (C=O) groups excluding carboxylic acids is 1. The fraction of sp³-hybridized carbons (Fsp3) is 0.250. The molecule has 2 N–H and O–H groups in total. The number of benzene rings is 1. The van der Waals surface area contributed by atoms with E-state index in [1.807, 2.05) is 0 Å². The molecule has 0 spiro atoms. The molecule has 0 radical (unpaired) electrons. The van der Waals surface area contributed by atoms with Crippen molar-refractivity contribution >= 4 is 33.4 Å². The van der Waals surface area contributed by atoms with Gasteiger partial charge in [-0.15, -0.1) is 5.10 Å². The van der Waals surface area contributed by atoms with Gasteiger partial charge in [-0.2, -0.15) is 0 Å². The highest BCUT2D eigenvalue weighted by molar-refractivity contribution is 7.99. The molecule has 0 atom stereocenters. The van der Waals surface area contributed by atoms with E-state index in [1.54, 1.807) is 37.5 Å². The molecular formula is C16H18N6O4S2. The largest absolute Gasteiger partial charge is 0.467 e. The van der Waals surface area contributed by atoms with Gasteiger partial charge in [-0.25, -0.2) is 17.8 Å². The molecule has 0 aliphatic rings. The molecule has 0 bridgehead atoms. The van der Waals surface area contributed by atoms with Crippen LogP contribution in [0.1, 0.15) is 11.3 Å². The summed E-state index contributed by atoms with van der Waals surface area (Å²) in [5, 5.41) is 14.5. The number of hydrogen-bond acceptors (Lipinski definition) is 8. The summed E-state index contributed by atoms with van der Waals surface area (Å²) in [6.45, 7) is 2.04. The van der Waals surface area contributed by atoms with Crippen molar-refractivity contribution < 1.29 is 17.6 Å². The molecule has 12 heteroatoms. The summed E-state index contributed by atoms with van der Waals surface area (Å²) in [6, 6.07) is 8.27. The third-order valence-corrected chi connectivity index (χ3v) is 6.26. The Morgan fingerprint density at radius 3 is 2.86 bits per heavy atom. The van der Waals surface area contributed by atoms with Crippen molar-refractivity contribution in [3.63, 3.8) is 0 Å². The second-order valence-electron chi connectivity index (χ2n) is 5.72. The Balaban J connectivity index is 1.63. The van der Waals surface area contributed by atoms with Gasteiger partial charge in [0.2, 0.25) is 21.1 Å². The highest BCUT2D eigenvalue weighted by Gasteiger charge is 2.16. The summed E-state index contributed by atoms with van der Waals surface area (Å²) in [6.07, 6.45) is 1.56. The Kier molecular flexibility index (Phi) is 6.11. The number of furan rings is 1. The van der Waals surface area contributed by atoms with Crippen LogP contribution in [0.2, 0.25) is 0 Å². The summed E-state index contributed by atoms with van der Waals surface area (Å²) < 4.78 is 33.2. The number of rotatable bonds is 8. The quantitative estimate of drug-likeness (QED) is 0.519. The molecule has 0 unspecified atom stereocenters. The molecule has 0 aliphatic heterocycles. The van der Waals surface area contributed by atoms with Crippen molar-refractivity contribution in [1.82, 2.24) is 24.9 Å². The van der Waals surface area contributed by atoms with Gasteiger partial charge in [-0.05, 0) is 54.2 Å². The molecule has 0 saturated carbocycles. The molecule has 10 nitrogen and oxygen atoms in total. The van der Waals surface area contributed by atoms with Gasteiger partial charge in [0.15, 0.2) is 0 Å². The lowest BCUT2D eigenvalue weighted by Crippen LogP contribution is -2.20. The number of thioether (sulfide) groups is 1. The first-order valence-corrected chi connectivity index (χ1v) is 10.6. The van der Waals surface area contributed by atoms with Gasteiger partial charge >= 0.3 is 0 Å². The van der Waals surface area contributed by atoms with E-state index in [4.69, 9.17) is 4.42 Å². The zero-order valence-electron chi connectivity index (χ0n) is 15.1. The Morgan fingerprint density at radius 1 is 1.32 bits per heavy atom. The summed E-state index contributed by atoms with van der Waals surface area (Å²) in [5.41, 5.74) is 0.971. The summed E-state index contributed by atoms with van der Waals surface area (Å²) in [4.78, 5) is 12.4. The maximum atomic E-state index is 12.3. The molecule has 3 aromatic rings. The van der Waals surface area contributed by atoms with Gasteiger partial charge in [0, 0.05) is 5.69 Å². The minimum Gasteiger partial charge on any atom is -0.467 e. The number of aromatic nitrogens is 4. The molecule has 0 saturated heterocycles. The molecule has 3 rings (SSSR count). The molecular weight excluding hydrogens is 404 g/mol. The first kappa shape index (κ1) is 20.0. The average Bonchev–Trinajstić information content (AvgIpc) is 3.34. The maximum Gasteiger partial charge on any atom is 0.240 e. The van der Waals surface area contributed by atoms with E-state index >= 15 is 0 Å². The van der Waals surface area contributed by atoms with Crippen LogP contribution in [0.5, 0.6) is 0 Å². The molecule has 148 valence electrons. The first-order chi connectivity index (χ1) is 13.4. The van der Waals surface area contributed by atoms with E-state index in [1.165, 1.54) is 17.8 Å². The minimum atomic E-state index is -3.61. The predicted octanol–water partition coefficient (Wildman–Crippen LogP) is 1.26. The van der Waals surface area contributed by atoms with E-state index in [0.29, 0.717) is 28.7 Å². The predicted molar refractivity (Wildman–Crippen MR) is 102 cm³/mol. The standard InChI is InChI=1S/C16H18N6O4S2/c1-11-5-6-12(8-14(11)28(24,25)17-2)18-15(23)10-27-16-19-20-21-22(16)9-13-4-3-7-26-13/h3-8,17H,9-10H2,1-2H3,(H,18,23). The van der Waals surface area contributed by atoms with Crippen LogP contribution in [0.3, 0.4) is 0 Å². The number of nitrogens with zero attached hydrogens (tertiary/aromatic N) is 4. The normalized spacial score (nSPS) is 11.5. The Morgan fingerprint density at radius 2 is 2.14 bits per heavy atom. The fourth-order valence-electron chi connectivity index (χ4n) is 2.35. The number of tetrazole rings is 1. The van der Waals surface area contributed by atoms with Crippen molar-refractivity contribution in [1.29, 1.82) is 0 Å². The number of anilines is 1. The summed E-state index contributed by atoms with van der Waals surface area (Å²) in [5.74, 6) is 0.436. The maximum absolute atomic E-state index is 12.3. The van der Waals surface area contributed by atoms with Crippen LogP contribution < -0.4 is 10.0 Å². The van der Waals surface area contributed by atoms with E-state index in [9.17, 15) is 13.2 Å². The molecule has 1 amide bonds.